The van der Waals surface area contributed by atoms with Gasteiger partial charge in [0.1, 0.15) is 0 Å². The molecule has 1 heterocycles. The Labute approximate surface area is 171 Å². The van der Waals surface area contributed by atoms with Crippen molar-refractivity contribution in [2.75, 3.05) is 6.54 Å². The van der Waals surface area contributed by atoms with E-state index in [1.807, 2.05) is 16.9 Å². The maximum atomic E-state index is 13.4. The van der Waals surface area contributed by atoms with Crippen molar-refractivity contribution < 1.29 is 18.7 Å². The highest BCUT2D eigenvalue weighted by Crippen LogP contribution is 2.32. The topological polar surface area (TPSA) is 90.9 Å². The van der Waals surface area contributed by atoms with E-state index in [0.29, 0.717) is 12.1 Å². The van der Waals surface area contributed by atoms with Crippen LogP contribution in [0.4, 0.5) is 8.78 Å². The highest BCUT2D eigenvalue weighted by Gasteiger charge is 2.24. The van der Waals surface area contributed by atoms with Gasteiger partial charge in [-0.2, -0.15) is 10.4 Å². The maximum absolute atomic E-state index is 13.4. The average Bonchev–Trinajstić information content (AvgIpc) is 3.19. The number of hydrogen-bond acceptors (Lipinski definition) is 4. The van der Waals surface area contributed by atoms with Crippen molar-refractivity contribution in [2.24, 2.45) is 5.92 Å². The Kier molecular flexibility index (Phi) is 5.36. The third-order valence-electron chi connectivity index (χ3n) is 5.67. The minimum absolute atomic E-state index is 0.156. The number of halogens is 2. The van der Waals surface area contributed by atoms with Gasteiger partial charge in [-0.05, 0) is 61.9 Å². The van der Waals surface area contributed by atoms with Gasteiger partial charge in [0.05, 0.1) is 23.2 Å². The molecule has 1 saturated carbocycles. The summed E-state index contributed by atoms with van der Waals surface area (Å²) in [5, 5.41) is 26.5. The Bertz CT molecular complexity index is 1120. The normalized spacial score (nSPS) is 18.8. The molecule has 0 saturated heterocycles. The molecule has 0 bridgehead atoms. The molecule has 0 radical (unpaired) electrons. The molecular weight excluding hydrogens is 390 g/mol. The number of nitrogens with one attached hydrogen (secondary N) is 1. The highest BCUT2D eigenvalue weighted by atomic mass is 19.1. The maximum Gasteiger partial charge on any atom is 0.251 e. The molecule has 30 heavy (non-hydrogen) atoms. The minimum Gasteiger partial charge on any atom is -0.503 e. The summed E-state index contributed by atoms with van der Waals surface area (Å²) in [7, 11) is 0. The first-order valence-corrected chi connectivity index (χ1v) is 9.80. The second-order valence-electron chi connectivity index (χ2n) is 7.67. The Balaban J connectivity index is 1.33. The first-order chi connectivity index (χ1) is 14.4. The molecule has 2 aromatic carbocycles. The van der Waals surface area contributed by atoms with Gasteiger partial charge in [-0.1, -0.05) is 0 Å². The number of phenolic OH excluding ortho intramolecular Hbond substituents is 1. The van der Waals surface area contributed by atoms with Crippen molar-refractivity contribution >= 4 is 16.8 Å². The molecule has 2 N–H and O–H groups in total. The summed E-state index contributed by atoms with van der Waals surface area (Å²) in [6, 6.07) is 9.48. The lowest BCUT2D eigenvalue weighted by Crippen LogP contribution is -2.31. The Hall–Kier alpha value is -3.47. The van der Waals surface area contributed by atoms with Crippen molar-refractivity contribution in [3.8, 4) is 11.8 Å². The zero-order valence-electron chi connectivity index (χ0n) is 16.1. The van der Waals surface area contributed by atoms with Crippen LogP contribution >= 0.6 is 0 Å². The van der Waals surface area contributed by atoms with E-state index in [4.69, 9.17) is 10.4 Å². The van der Waals surface area contributed by atoms with Gasteiger partial charge in [0, 0.05) is 23.7 Å². The zero-order chi connectivity index (χ0) is 21.3. The lowest BCUT2D eigenvalue weighted by molar-refractivity contribution is 0.0940. The van der Waals surface area contributed by atoms with Crippen LogP contribution in [0.3, 0.4) is 0 Å². The monoisotopic (exact) mass is 410 g/mol. The number of carbonyl (C=O) groups excluding carboxylic acids is 1. The largest absolute Gasteiger partial charge is 0.503 e. The van der Waals surface area contributed by atoms with Crippen LogP contribution in [-0.2, 0) is 0 Å². The van der Waals surface area contributed by atoms with Gasteiger partial charge < -0.3 is 10.4 Å². The second kappa shape index (κ2) is 8.11. The third kappa shape index (κ3) is 3.96. The smallest absolute Gasteiger partial charge is 0.251 e. The van der Waals surface area contributed by atoms with Crippen molar-refractivity contribution in [3.63, 3.8) is 0 Å². The number of rotatable bonds is 4. The Morgan fingerprint density at radius 2 is 1.90 bits per heavy atom. The average molecular weight is 410 g/mol. The third-order valence-corrected chi connectivity index (χ3v) is 5.67. The molecule has 1 amide bonds. The number of amides is 1. The van der Waals surface area contributed by atoms with E-state index in [2.05, 4.69) is 16.5 Å². The molecule has 4 rings (SSSR count). The van der Waals surface area contributed by atoms with Crippen molar-refractivity contribution in [2.45, 2.75) is 31.7 Å². The highest BCUT2D eigenvalue weighted by molar-refractivity contribution is 5.94. The van der Waals surface area contributed by atoms with Crippen LogP contribution in [0.25, 0.3) is 10.9 Å². The number of aromatic hydroxyl groups is 1. The number of nitrogens with zero attached hydrogens (tertiary/aromatic N) is 3. The molecular formula is C22H20F2N4O2. The Morgan fingerprint density at radius 3 is 2.57 bits per heavy atom. The predicted octanol–water partition coefficient (Wildman–Crippen LogP) is 4.05. The molecule has 6 nitrogen and oxygen atoms in total. The van der Waals surface area contributed by atoms with Gasteiger partial charge >= 0.3 is 0 Å². The summed E-state index contributed by atoms with van der Waals surface area (Å²) in [5.41, 5.74) is 1.23. The van der Waals surface area contributed by atoms with Crippen molar-refractivity contribution in [1.29, 1.82) is 5.26 Å². The molecule has 154 valence electrons. The Morgan fingerprint density at radius 1 is 1.20 bits per heavy atom. The van der Waals surface area contributed by atoms with Crippen LogP contribution in [0, 0.1) is 28.9 Å². The first kappa shape index (κ1) is 19.8. The number of hydrogen-bond donors (Lipinski definition) is 2. The summed E-state index contributed by atoms with van der Waals surface area (Å²) >= 11 is 0. The molecule has 1 aliphatic carbocycles. The van der Waals surface area contributed by atoms with Crippen molar-refractivity contribution in [3.05, 3.63) is 59.3 Å². The molecule has 0 spiro atoms. The zero-order valence-corrected chi connectivity index (χ0v) is 16.1. The SMILES string of the molecule is N#Cc1ccc2cn([C@H]3CC[C@H](CNC(=O)c4cc(F)c(O)c(F)c4)CC3)nc2c1. The fourth-order valence-electron chi connectivity index (χ4n) is 3.94. The number of nitriles is 1. The van der Waals surface area contributed by atoms with Crippen LogP contribution < -0.4 is 5.32 Å². The second-order valence-corrected chi connectivity index (χ2v) is 7.67. The summed E-state index contributed by atoms with van der Waals surface area (Å²) in [6.45, 7) is 0.419. The molecule has 1 fully saturated rings. The van der Waals surface area contributed by atoms with Crippen LogP contribution in [0.5, 0.6) is 5.75 Å². The number of benzene rings is 2. The van der Waals surface area contributed by atoms with Crippen LogP contribution in [0.15, 0.2) is 36.5 Å². The molecule has 0 unspecified atom stereocenters. The number of carbonyl (C=O) groups is 1. The van der Waals surface area contributed by atoms with E-state index in [0.717, 1.165) is 48.7 Å². The van der Waals surface area contributed by atoms with Crippen LogP contribution in [0.1, 0.15) is 47.6 Å². The summed E-state index contributed by atoms with van der Waals surface area (Å²) < 4.78 is 28.8. The van der Waals surface area contributed by atoms with Crippen molar-refractivity contribution in [1.82, 2.24) is 15.1 Å². The molecule has 8 heteroatoms. The van der Waals surface area contributed by atoms with Gasteiger partial charge in [-0.25, -0.2) is 8.78 Å². The summed E-state index contributed by atoms with van der Waals surface area (Å²) in [5.74, 6) is -3.70. The van der Waals surface area contributed by atoms with E-state index in [1.165, 1.54) is 0 Å². The fraction of sp³-hybridized carbons (Fsp3) is 0.318. The molecule has 1 aromatic heterocycles. The van der Waals surface area contributed by atoms with E-state index >= 15 is 0 Å². The predicted molar refractivity (Wildman–Crippen MR) is 106 cm³/mol. The quantitative estimate of drug-likeness (QED) is 0.679. The molecule has 0 atom stereocenters. The summed E-state index contributed by atoms with van der Waals surface area (Å²) in [4.78, 5) is 12.2. The molecule has 3 aromatic rings. The van der Waals surface area contributed by atoms with Gasteiger partial charge in [0.2, 0.25) is 0 Å². The van der Waals surface area contributed by atoms with Crippen LogP contribution in [0.2, 0.25) is 0 Å². The van der Waals surface area contributed by atoms with E-state index < -0.39 is 23.3 Å². The summed E-state index contributed by atoms with van der Waals surface area (Å²) in [6.07, 6.45) is 5.59. The minimum atomic E-state index is -1.16. The lowest BCUT2D eigenvalue weighted by atomic mass is 9.86. The molecule has 1 aliphatic rings. The van der Waals surface area contributed by atoms with Gasteiger partial charge in [-0.15, -0.1) is 0 Å². The van der Waals surface area contributed by atoms with Gasteiger partial charge in [0.15, 0.2) is 17.4 Å². The van der Waals surface area contributed by atoms with E-state index in [9.17, 15) is 13.6 Å². The van der Waals surface area contributed by atoms with E-state index in [1.54, 1.807) is 12.1 Å². The fourth-order valence-corrected chi connectivity index (χ4v) is 3.94. The number of fused-ring (bicyclic) bond motifs is 1. The standard InChI is InChI=1S/C22H20F2N4O2/c23-18-8-16(9-19(24)21(18)29)22(30)26-11-13-2-5-17(6-3-13)28-12-15-4-1-14(10-25)7-20(15)27-28/h1,4,7-9,12-13,17,29H,2-3,5-6,11H2,(H,26,30)/t13-,17-. The molecule has 0 aliphatic heterocycles. The van der Waals surface area contributed by atoms with E-state index in [-0.39, 0.29) is 17.5 Å². The first-order valence-electron chi connectivity index (χ1n) is 9.80. The number of phenols is 1. The number of aromatic nitrogens is 2. The van der Waals surface area contributed by atoms with Gasteiger partial charge in [0.25, 0.3) is 5.91 Å². The van der Waals surface area contributed by atoms with Gasteiger partial charge in [-0.3, -0.25) is 9.48 Å². The lowest BCUT2D eigenvalue weighted by Gasteiger charge is -2.28. The van der Waals surface area contributed by atoms with Crippen LogP contribution in [-0.4, -0.2) is 27.3 Å².